The minimum absolute atomic E-state index is 0.724. The quantitative estimate of drug-likeness (QED) is 0.810. The zero-order valence-corrected chi connectivity index (χ0v) is 11.3. The van der Waals surface area contributed by atoms with Crippen LogP contribution in [0.1, 0.15) is 12.5 Å². The second-order valence-corrected chi connectivity index (χ2v) is 5.68. The molecule has 88 valence electrons. The Morgan fingerprint density at radius 1 is 1.56 bits per heavy atom. The molecule has 16 heavy (non-hydrogen) atoms. The third-order valence-electron chi connectivity index (χ3n) is 1.78. The second kappa shape index (κ2) is 7.02. The van der Waals surface area contributed by atoms with Crippen molar-refractivity contribution in [3.05, 3.63) is 46.0 Å². The zero-order chi connectivity index (χ0) is 12.0. The van der Waals surface area contributed by atoms with Gasteiger partial charge in [-0.05, 0) is 29.5 Å². The van der Waals surface area contributed by atoms with E-state index in [2.05, 4.69) is 5.09 Å². The number of nitrogens with one attached hydrogen (secondary N) is 1. The fourth-order valence-electron chi connectivity index (χ4n) is 0.983. The number of hydrogen-bond donors (Lipinski definition) is 2. The summed E-state index contributed by atoms with van der Waals surface area (Å²) in [5.74, 6) is 0.813. The Kier molecular flexibility index (Phi) is 5.99. The van der Waals surface area contributed by atoms with Crippen LogP contribution in [0.2, 0.25) is 5.02 Å². The summed E-state index contributed by atoms with van der Waals surface area (Å²) in [6.45, 7) is 1.89. The third kappa shape index (κ3) is 5.61. The summed E-state index contributed by atoms with van der Waals surface area (Å²) in [5, 5.41) is 3.11. The smallest absolute Gasteiger partial charge is 0.279 e. The monoisotopic (exact) mass is 277 g/mol. The van der Waals surface area contributed by atoms with Crippen molar-refractivity contribution in [3.8, 4) is 0 Å². The van der Waals surface area contributed by atoms with Crippen molar-refractivity contribution in [1.29, 1.82) is 0 Å². The van der Waals surface area contributed by atoms with Crippen molar-refractivity contribution < 1.29 is 9.46 Å². The molecule has 0 amide bonds. The van der Waals surface area contributed by atoms with Crippen LogP contribution < -0.4 is 5.09 Å². The van der Waals surface area contributed by atoms with Gasteiger partial charge in [0, 0.05) is 17.0 Å². The van der Waals surface area contributed by atoms with Crippen LogP contribution in [-0.2, 0) is 10.3 Å². The highest BCUT2D eigenvalue weighted by Crippen LogP contribution is 2.22. The van der Waals surface area contributed by atoms with Crippen molar-refractivity contribution in [1.82, 2.24) is 5.09 Å². The van der Waals surface area contributed by atoms with E-state index in [-0.39, 0.29) is 0 Å². The normalized spacial score (nSPS) is 13.6. The van der Waals surface area contributed by atoms with E-state index in [0.717, 1.165) is 15.7 Å². The molecule has 0 saturated carbocycles. The van der Waals surface area contributed by atoms with E-state index in [4.69, 9.17) is 16.5 Å². The highest BCUT2D eigenvalue weighted by molar-refractivity contribution is 8.02. The fraction of sp³-hybridized carbons (Fsp3) is 0.200. The molecule has 0 aliphatic rings. The van der Waals surface area contributed by atoms with Crippen LogP contribution in [0.3, 0.4) is 0 Å². The van der Waals surface area contributed by atoms with Crippen LogP contribution in [0.4, 0.5) is 0 Å². The molecular formula is C10H13ClNO2PS. The van der Waals surface area contributed by atoms with Gasteiger partial charge in [0.25, 0.3) is 8.18 Å². The van der Waals surface area contributed by atoms with E-state index >= 15 is 0 Å². The average Bonchev–Trinajstić information content (AvgIpc) is 2.25. The number of thioether (sulfide) groups is 1. The zero-order valence-electron chi connectivity index (χ0n) is 8.74. The van der Waals surface area contributed by atoms with E-state index in [1.807, 2.05) is 31.2 Å². The summed E-state index contributed by atoms with van der Waals surface area (Å²) < 4.78 is 10.4. The average molecular weight is 278 g/mol. The Morgan fingerprint density at radius 3 is 2.75 bits per heavy atom. The number of rotatable bonds is 5. The minimum Gasteiger partial charge on any atom is -0.331 e. The van der Waals surface area contributed by atoms with E-state index < -0.39 is 8.18 Å². The number of halogens is 1. The molecule has 0 fully saturated rings. The van der Waals surface area contributed by atoms with Crippen molar-refractivity contribution in [3.63, 3.8) is 0 Å². The topological polar surface area (TPSA) is 49.3 Å². The molecule has 1 atom stereocenters. The van der Waals surface area contributed by atoms with Crippen molar-refractivity contribution in [2.75, 3.05) is 0 Å². The van der Waals surface area contributed by atoms with Gasteiger partial charge in [0.2, 0.25) is 0 Å². The Hall–Kier alpha value is -0.410. The molecule has 1 unspecified atom stereocenters. The molecule has 0 radical (unpaired) electrons. The molecule has 6 heteroatoms. The van der Waals surface area contributed by atoms with Gasteiger partial charge in [-0.1, -0.05) is 23.7 Å². The first-order chi connectivity index (χ1) is 7.58. The van der Waals surface area contributed by atoms with Gasteiger partial charge >= 0.3 is 0 Å². The Balaban J connectivity index is 2.42. The molecule has 1 aromatic carbocycles. The molecule has 0 bridgehead atoms. The molecule has 0 spiro atoms. The van der Waals surface area contributed by atoms with E-state index in [9.17, 15) is 4.57 Å². The summed E-state index contributed by atoms with van der Waals surface area (Å²) in [6, 6.07) is 7.62. The Bertz CT molecular complexity index is 394. The molecule has 0 saturated heterocycles. The summed E-state index contributed by atoms with van der Waals surface area (Å²) in [7, 11) is -2.62. The van der Waals surface area contributed by atoms with Crippen molar-refractivity contribution in [2.45, 2.75) is 12.7 Å². The van der Waals surface area contributed by atoms with E-state index in [0.29, 0.717) is 0 Å². The fourth-order valence-corrected chi connectivity index (χ4v) is 2.28. The number of hydrogen-bond acceptors (Lipinski definition) is 2. The van der Waals surface area contributed by atoms with Gasteiger partial charge in [0.15, 0.2) is 0 Å². The lowest BCUT2D eigenvalue weighted by Crippen LogP contribution is -1.90. The lowest BCUT2D eigenvalue weighted by molar-refractivity contribution is 0.497. The van der Waals surface area contributed by atoms with Crippen LogP contribution in [0.25, 0.3) is 0 Å². The van der Waals surface area contributed by atoms with Gasteiger partial charge in [-0.15, -0.1) is 11.8 Å². The summed E-state index contributed by atoms with van der Waals surface area (Å²) in [6.07, 6.45) is 1.56. The summed E-state index contributed by atoms with van der Waals surface area (Å²) in [4.78, 5) is 9.54. The first kappa shape index (κ1) is 13.7. The standard InChI is InChI=1S/C10H13ClNO2PS/c1-8(6-12-15(13)14)16-7-9-2-4-10(11)5-3-9/h2-6,15H,7H2,1H3,(H2,12,13,14). The summed E-state index contributed by atoms with van der Waals surface area (Å²) in [5.41, 5.74) is 1.17. The van der Waals surface area contributed by atoms with Gasteiger partial charge in [0.05, 0.1) is 0 Å². The van der Waals surface area contributed by atoms with Crippen LogP contribution in [0.15, 0.2) is 35.4 Å². The van der Waals surface area contributed by atoms with Crippen molar-refractivity contribution in [2.24, 2.45) is 0 Å². The molecule has 3 nitrogen and oxygen atoms in total. The van der Waals surface area contributed by atoms with Gasteiger partial charge in [-0.2, -0.15) is 0 Å². The lowest BCUT2D eigenvalue weighted by atomic mass is 10.2. The van der Waals surface area contributed by atoms with E-state index in [1.54, 1.807) is 18.0 Å². The number of allylic oxidation sites excluding steroid dienone is 1. The molecule has 1 aromatic rings. The first-order valence-electron chi connectivity index (χ1n) is 4.61. The molecule has 2 N–H and O–H groups in total. The Morgan fingerprint density at radius 2 is 2.19 bits per heavy atom. The predicted octanol–water partition coefficient (Wildman–Crippen LogP) is 3.41. The number of benzene rings is 1. The van der Waals surface area contributed by atoms with Crippen LogP contribution in [-0.4, -0.2) is 4.89 Å². The SMILES string of the molecule is CC(=CN[PH](=O)O)SCc1ccc(Cl)cc1. The highest BCUT2D eigenvalue weighted by atomic mass is 35.5. The lowest BCUT2D eigenvalue weighted by Gasteiger charge is -2.02. The first-order valence-corrected chi connectivity index (χ1v) is 7.33. The predicted molar refractivity (Wildman–Crippen MR) is 70.9 cm³/mol. The minimum atomic E-state index is -2.62. The third-order valence-corrected chi connectivity index (χ3v) is 3.47. The molecule has 0 heterocycles. The van der Waals surface area contributed by atoms with Crippen LogP contribution in [0, 0.1) is 0 Å². The molecular weight excluding hydrogens is 265 g/mol. The van der Waals surface area contributed by atoms with Gasteiger partial charge in [-0.25, -0.2) is 0 Å². The summed E-state index contributed by atoms with van der Waals surface area (Å²) >= 11 is 7.37. The van der Waals surface area contributed by atoms with E-state index in [1.165, 1.54) is 5.56 Å². The highest BCUT2D eigenvalue weighted by Gasteiger charge is 1.96. The largest absolute Gasteiger partial charge is 0.331 e. The maximum atomic E-state index is 10.4. The molecule has 0 aliphatic heterocycles. The Labute approximate surface area is 105 Å². The van der Waals surface area contributed by atoms with Crippen LogP contribution >= 0.6 is 31.5 Å². The second-order valence-electron chi connectivity index (χ2n) is 3.12. The van der Waals surface area contributed by atoms with Crippen molar-refractivity contribution >= 4 is 31.5 Å². The molecule has 0 aliphatic carbocycles. The van der Waals surface area contributed by atoms with Gasteiger partial charge in [0.1, 0.15) is 0 Å². The molecule has 0 aromatic heterocycles. The van der Waals surface area contributed by atoms with Gasteiger partial charge in [-0.3, -0.25) is 4.57 Å². The van der Waals surface area contributed by atoms with Crippen LogP contribution in [0.5, 0.6) is 0 Å². The molecule has 1 rings (SSSR count). The maximum absolute atomic E-state index is 10.4. The maximum Gasteiger partial charge on any atom is 0.279 e. The van der Waals surface area contributed by atoms with Gasteiger partial charge < -0.3 is 9.98 Å².